The van der Waals surface area contributed by atoms with Crippen LogP contribution >= 0.6 is 50.7 Å². The highest BCUT2D eigenvalue weighted by Crippen LogP contribution is 2.28. The highest BCUT2D eigenvalue weighted by Gasteiger charge is 2.28. The fraction of sp³-hybridized carbons (Fsp3) is 0.130. The molecular weight excluding hydrogens is 601 g/mol. The first-order valence-electron chi connectivity index (χ1n) is 9.96. The molecule has 184 valence electrons. The summed E-state index contributed by atoms with van der Waals surface area (Å²) in [6.07, 6.45) is 1.39. The minimum absolute atomic E-state index is 0.0414. The molecule has 0 aliphatic heterocycles. The number of hydrazone groups is 1. The zero-order valence-corrected chi connectivity index (χ0v) is 22.9. The average Bonchev–Trinajstić information content (AvgIpc) is 2.81. The van der Waals surface area contributed by atoms with Crippen LogP contribution in [-0.4, -0.2) is 38.5 Å². The maximum Gasteiger partial charge on any atom is 0.255 e. The lowest BCUT2D eigenvalue weighted by atomic mass is 10.2. The third-order valence-corrected chi connectivity index (χ3v) is 8.01. The van der Waals surface area contributed by atoms with Crippen LogP contribution in [0.15, 0.2) is 75.1 Å². The zero-order chi connectivity index (χ0) is 25.6. The quantitative estimate of drug-likeness (QED) is 0.244. The molecule has 1 amide bonds. The molecule has 0 fully saturated rings. The first-order chi connectivity index (χ1) is 16.6. The predicted molar refractivity (Wildman–Crippen MR) is 142 cm³/mol. The zero-order valence-electron chi connectivity index (χ0n) is 18.2. The number of hydrogen-bond acceptors (Lipinski definition) is 5. The predicted octanol–water partition coefficient (Wildman–Crippen LogP) is 5.76. The van der Waals surface area contributed by atoms with Crippen LogP contribution in [0.2, 0.25) is 15.1 Å². The van der Waals surface area contributed by atoms with Crippen molar-refractivity contribution in [3.05, 3.63) is 91.3 Å². The lowest BCUT2D eigenvalue weighted by molar-refractivity contribution is -0.121. The molecule has 0 spiro atoms. The minimum Gasteiger partial charge on any atom is -0.496 e. The second-order valence-electron chi connectivity index (χ2n) is 7.11. The van der Waals surface area contributed by atoms with Crippen LogP contribution in [0, 0.1) is 0 Å². The van der Waals surface area contributed by atoms with E-state index in [0.29, 0.717) is 21.9 Å². The Labute approximate surface area is 226 Å². The van der Waals surface area contributed by atoms with Crippen molar-refractivity contribution in [2.75, 3.05) is 13.7 Å². The van der Waals surface area contributed by atoms with Gasteiger partial charge < -0.3 is 4.74 Å². The average molecular weight is 620 g/mol. The van der Waals surface area contributed by atoms with Gasteiger partial charge >= 0.3 is 0 Å². The summed E-state index contributed by atoms with van der Waals surface area (Å²) in [6, 6.07) is 15.7. The van der Waals surface area contributed by atoms with Crippen LogP contribution in [0.5, 0.6) is 5.75 Å². The van der Waals surface area contributed by atoms with Gasteiger partial charge in [0, 0.05) is 37.2 Å². The van der Waals surface area contributed by atoms with Crippen LogP contribution in [-0.2, 0) is 21.4 Å². The highest BCUT2D eigenvalue weighted by molar-refractivity contribution is 9.10. The van der Waals surface area contributed by atoms with Crippen LogP contribution in [0.1, 0.15) is 11.1 Å². The number of nitrogens with one attached hydrogen (secondary N) is 1. The molecule has 35 heavy (non-hydrogen) atoms. The molecule has 1 N–H and O–H groups in total. The lowest BCUT2D eigenvalue weighted by Gasteiger charge is -2.22. The van der Waals surface area contributed by atoms with E-state index in [9.17, 15) is 13.2 Å². The van der Waals surface area contributed by atoms with Crippen molar-refractivity contribution in [3.63, 3.8) is 0 Å². The topological polar surface area (TPSA) is 88.1 Å². The number of halogens is 4. The van der Waals surface area contributed by atoms with Crippen molar-refractivity contribution >= 4 is 72.9 Å². The summed E-state index contributed by atoms with van der Waals surface area (Å²) >= 11 is 21.8. The Kier molecular flexibility index (Phi) is 9.57. The molecular formula is C23H19BrCl3N3O4S. The minimum atomic E-state index is -4.12. The molecule has 3 aromatic rings. The van der Waals surface area contributed by atoms with Gasteiger partial charge in [0.15, 0.2) is 0 Å². The van der Waals surface area contributed by atoms with Crippen molar-refractivity contribution < 1.29 is 17.9 Å². The Bertz CT molecular complexity index is 1330. The number of nitrogens with zero attached hydrogens (tertiary/aromatic N) is 2. The first kappa shape index (κ1) is 27.4. The standard InChI is InChI=1S/C23H19BrCl3N3O4S/c1-34-22-10-5-16(24)11-15(22)12-28-29-23(31)14-30(13-19-20(26)3-2-4-21(19)27)35(32,33)18-8-6-17(25)7-9-18/h2-12H,13-14H2,1H3,(H,29,31)/b28-12-. The summed E-state index contributed by atoms with van der Waals surface area (Å²) in [4.78, 5) is 12.7. The molecule has 0 aromatic heterocycles. The van der Waals surface area contributed by atoms with Crippen LogP contribution < -0.4 is 10.2 Å². The molecule has 0 aliphatic rings. The van der Waals surface area contributed by atoms with Gasteiger partial charge in [-0.15, -0.1) is 0 Å². The Morgan fingerprint density at radius 3 is 2.37 bits per heavy atom. The molecule has 12 heteroatoms. The fourth-order valence-corrected chi connectivity index (χ4v) is 5.40. The van der Waals surface area contributed by atoms with Crippen molar-refractivity contribution in [1.82, 2.24) is 9.73 Å². The van der Waals surface area contributed by atoms with Gasteiger partial charge in [-0.3, -0.25) is 4.79 Å². The maximum absolute atomic E-state index is 13.4. The summed E-state index contributed by atoms with van der Waals surface area (Å²) < 4.78 is 33.8. The number of methoxy groups -OCH3 is 1. The molecule has 0 bridgehead atoms. The SMILES string of the molecule is COc1ccc(Br)cc1/C=N\NC(=O)CN(Cc1c(Cl)cccc1Cl)S(=O)(=O)c1ccc(Cl)cc1. The lowest BCUT2D eigenvalue weighted by Crippen LogP contribution is -2.39. The number of hydrogen-bond donors (Lipinski definition) is 1. The smallest absolute Gasteiger partial charge is 0.255 e. The number of carbonyl (C=O) groups excluding carboxylic acids is 1. The van der Waals surface area contributed by atoms with Crippen molar-refractivity contribution in [3.8, 4) is 5.75 Å². The van der Waals surface area contributed by atoms with E-state index < -0.39 is 22.5 Å². The first-order valence-corrected chi connectivity index (χ1v) is 13.3. The van der Waals surface area contributed by atoms with Gasteiger partial charge in [0.2, 0.25) is 10.0 Å². The highest BCUT2D eigenvalue weighted by atomic mass is 79.9. The van der Waals surface area contributed by atoms with Crippen molar-refractivity contribution in [2.45, 2.75) is 11.4 Å². The van der Waals surface area contributed by atoms with Gasteiger partial charge in [0.05, 0.1) is 24.8 Å². The largest absolute Gasteiger partial charge is 0.496 e. The van der Waals surface area contributed by atoms with Crippen molar-refractivity contribution in [1.29, 1.82) is 0 Å². The van der Waals surface area contributed by atoms with E-state index in [2.05, 4.69) is 26.5 Å². The van der Waals surface area contributed by atoms with Gasteiger partial charge in [-0.1, -0.05) is 56.8 Å². The van der Waals surface area contributed by atoms with Crippen LogP contribution in [0.3, 0.4) is 0 Å². The van der Waals surface area contributed by atoms with E-state index in [0.717, 1.165) is 8.78 Å². The normalized spacial score (nSPS) is 11.7. The number of benzene rings is 3. The molecule has 0 unspecified atom stereocenters. The van der Waals surface area contributed by atoms with Gasteiger partial charge in [0.1, 0.15) is 5.75 Å². The molecule has 3 rings (SSSR count). The van der Waals surface area contributed by atoms with Gasteiger partial charge in [0.25, 0.3) is 5.91 Å². The van der Waals surface area contributed by atoms with Gasteiger partial charge in [-0.25, -0.2) is 13.8 Å². The van der Waals surface area contributed by atoms with E-state index >= 15 is 0 Å². The van der Waals surface area contributed by atoms with Crippen molar-refractivity contribution in [2.24, 2.45) is 5.10 Å². The number of ether oxygens (including phenoxy) is 1. The Morgan fingerprint density at radius 2 is 1.74 bits per heavy atom. The third-order valence-electron chi connectivity index (χ3n) is 4.75. The van der Waals surface area contributed by atoms with E-state index in [1.54, 1.807) is 36.4 Å². The van der Waals surface area contributed by atoms with Gasteiger partial charge in [-0.05, 0) is 54.6 Å². The van der Waals surface area contributed by atoms with E-state index in [-0.39, 0.29) is 21.5 Å². The Balaban J connectivity index is 1.86. The molecule has 0 saturated carbocycles. The second-order valence-corrected chi connectivity index (χ2v) is 11.2. The summed E-state index contributed by atoms with van der Waals surface area (Å²) in [7, 11) is -2.61. The second kappa shape index (κ2) is 12.2. The summed E-state index contributed by atoms with van der Waals surface area (Å²) in [5, 5.41) is 4.86. The number of carbonyl (C=O) groups is 1. The Morgan fingerprint density at radius 1 is 1.09 bits per heavy atom. The number of rotatable bonds is 9. The van der Waals surface area contributed by atoms with Crippen LogP contribution in [0.4, 0.5) is 0 Å². The van der Waals surface area contributed by atoms with Crippen LogP contribution in [0.25, 0.3) is 0 Å². The fourth-order valence-electron chi connectivity index (χ4n) is 3.02. The monoisotopic (exact) mass is 617 g/mol. The Hall–Kier alpha value is -2.14. The molecule has 3 aromatic carbocycles. The molecule has 0 aliphatic carbocycles. The number of amides is 1. The third kappa shape index (κ3) is 7.19. The van der Waals surface area contributed by atoms with E-state index in [1.807, 2.05) is 0 Å². The summed E-state index contributed by atoms with van der Waals surface area (Å²) in [5.41, 5.74) is 3.32. The summed E-state index contributed by atoms with van der Waals surface area (Å²) in [6.45, 7) is -0.778. The molecule has 0 atom stereocenters. The van der Waals surface area contributed by atoms with Gasteiger partial charge in [-0.2, -0.15) is 9.41 Å². The molecule has 0 saturated heterocycles. The number of sulfonamides is 1. The van der Waals surface area contributed by atoms with E-state index in [4.69, 9.17) is 39.5 Å². The maximum atomic E-state index is 13.4. The molecule has 7 nitrogen and oxygen atoms in total. The molecule has 0 radical (unpaired) electrons. The summed E-state index contributed by atoms with van der Waals surface area (Å²) in [5.74, 6) is -0.123. The van der Waals surface area contributed by atoms with E-state index in [1.165, 1.54) is 37.6 Å². The molecule has 0 heterocycles.